The van der Waals surface area contributed by atoms with Gasteiger partial charge in [-0.1, -0.05) is 5.16 Å². The Labute approximate surface area is 168 Å². The summed E-state index contributed by atoms with van der Waals surface area (Å²) in [7, 11) is -2.39. The van der Waals surface area contributed by atoms with Crippen LogP contribution in [-0.2, 0) is 21.4 Å². The molecule has 28 heavy (non-hydrogen) atoms. The fourth-order valence-electron chi connectivity index (χ4n) is 2.21. The first kappa shape index (κ1) is 20.0. The number of hydrogen-bond donors (Lipinski definition) is 1. The number of nitrogens with zero attached hydrogens (tertiary/aromatic N) is 2. The molecule has 0 aliphatic rings. The summed E-state index contributed by atoms with van der Waals surface area (Å²) < 4.78 is 38.6. The van der Waals surface area contributed by atoms with E-state index in [1.165, 1.54) is 12.1 Å². The van der Waals surface area contributed by atoms with Gasteiger partial charge in [-0.3, -0.25) is 0 Å². The summed E-state index contributed by atoms with van der Waals surface area (Å²) in [5, 5.41) is 8.84. The minimum atomic E-state index is -3.95. The molecule has 0 saturated carbocycles. The van der Waals surface area contributed by atoms with Crippen molar-refractivity contribution in [1.29, 1.82) is 0 Å². The van der Waals surface area contributed by atoms with Crippen LogP contribution in [0.15, 0.2) is 56.4 Å². The topological polar surface area (TPSA) is 135 Å². The van der Waals surface area contributed by atoms with Gasteiger partial charge in [0.1, 0.15) is 5.75 Å². The Bertz CT molecular complexity index is 1110. The molecular weight excluding hydrogens is 454 g/mol. The molecule has 9 nitrogen and oxygen atoms in total. The second-order valence-electron chi connectivity index (χ2n) is 5.51. The van der Waals surface area contributed by atoms with Gasteiger partial charge in [0.25, 0.3) is 5.89 Å². The van der Waals surface area contributed by atoms with Crippen molar-refractivity contribution in [3.05, 3.63) is 58.3 Å². The van der Waals surface area contributed by atoms with E-state index in [9.17, 15) is 13.2 Å². The molecule has 0 atom stereocenters. The predicted octanol–water partition coefficient (Wildman–Crippen LogP) is 2.51. The third kappa shape index (κ3) is 4.55. The molecule has 3 rings (SSSR count). The molecule has 11 heteroatoms. The summed E-state index contributed by atoms with van der Waals surface area (Å²) in [5.74, 6) is 0.321. The summed E-state index contributed by atoms with van der Waals surface area (Å²) >= 11 is 3.17. The Morgan fingerprint density at radius 1 is 1.21 bits per heavy atom. The van der Waals surface area contributed by atoms with Gasteiger partial charge in [0.2, 0.25) is 15.8 Å². The van der Waals surface area contributed by atoms with Crippen LogP contribution < -0.4 is 9.88 Å². The van der Waals surface area contributed by atoms with Crippen molar-refractivity contribution in [1.82, 2.24) is 10.1 Å². The highest BCUT2D eigenvalue weighted by atomic mass is 79.9. The smallest absolute Gasteiger partial charge is 0.339 e. The Morgan fingerprint density at radius 3 is 2.57 bits per heavy atom. The van der Waals surface area contributed by atoms with Crippen LogP contribution in [0.4, 0.5) is 0 Å². The van der Waals surface area contributed by atoms with Crippen molar-refractivity contribution in [2.75, 3.05) is 7.11 Å². The van der Waals surface area contributed by atoms with E-state index in [-0.39, 0.29) is 28.8 Å². The van der Waals surface area contributed by atoms with Crippen LogP contribution in [0.2, 0.25) is 0 Å². The lowest BCUT2D eigenvalue weighted by molar-refractivity contribution is 0.0458. The molecule has 0 radical (unpaired) electrons. The molecule has 0 saturated heterocycles. The van der Waals surface area contributed by atoms with E-state index >= 15 is 0 Å². The first-order valence-corrected chi connectivity index (χ1v) is 10.1. The molecule has 1 heterocycles. The summed E-state index contributed by atoms with van der Waals surface area (Å²) in [6, 6.07) is 10.8. The number of nitrogens with two attached hydrogens (primary N) is 1. The Kier molecular flexibility index (Phi) is 5.77. The van der Waals surface area contributed by atoms with Crippen LogP contribution in [0.25, 0.3) is 11.5 Å². The Morgan fingerprint density at radius 2 is 1.93 bits per heavy atom. The monoisotopic (exact) mass is 467 g/mol. The largest absolute Gasteiger partial charge is 0.497 e. The van der Waals surface area contributed by atoms with Gasteiger partial charge in [-0.25, -0.2) is 18.4 Å². The lowest BCUT2D eigenvalue weighted by Gasteiger charge is -2.06. The zero-order chi connectivity index (χ0) is 20.3. The normalized spacial score (nSPS) is 11.2. The molecule has 146 valence electrons. The molecule has 1 aromatic heterocycles. The Hall–Kier alpha value is -2.76. The van der Waals surface area contributed by atoms with Gasteiger partial charge in [-0.15, -0.1) is 0 Å². The average molecular weight is 468 g/mol. The van der Waals surface area contributed by atoms with Crippen LogP contribution in [0.3, 0.4) is 0 Å². The van der Waals surface area contributed by atoms with Crippen LogP contribution in [0, 0.1) is 0 Å². The van der Waals surface area contributed by atoms with E-state index in [2.05, 4.69) is 26.1 Å². The van der Waals surface area contributed by atoms with Gasteiger partial charge in [-0.2, -0.15) is 4.98 Å². The minimum Gasteiger partial charge on any atom is -0.497 e. The number of aromatic nitrogens is 2. The van der Waals surface area contributed by atoms with Crippen molar-refractivity contribution in [2.45, 2.75) is 11.5 Å². The number of carbonyl (C=O) groups is 1. The number of sulfonamides is 1. The first-order valence-electron chi connectivity index (χ1n) is 7.74. The lowest BCUT2D eigenvalue weighted by atomic mass is 10.2. The molecule has 0 aliphatic heterocycles. The van der Waals surface area contributed by atoms with Gasteiger partial charge < -0.3 is 14.0 Å². The molecule has 2 N–H and O–H groups in total. The number of hydrogen-bond acceptors (Lipinski definition) is 8. The Balaban J connectivity index is 1.71. The quantitative estimate of drug-likeness (QED) is 0.546. The van der Waals surface area contributed by atoms with Crippen LogP contribution in [0.5, 0.6) is 5.75 Å². The van der Waals surface area contributed by atoms with E-state index in [0.717, 1.165) is 6.07 Å². The van der Waals surface area contributed by atoms with E-state index in [1.54, 1.807) is 31.4 Å². The van der Waals surface area contributed by atoms with Crippen molar-refractivity contribution >= 4 is 31.9 Å². The number of methoxy groups -OCH3 is 1. The predicted molar refractivity (Wildman–Crippen MR) is 101 cm³/mol. The summed E-state index contributed by atoms with van der Waals surface area (Å²) in [5.41, 5.74) is 0.680. The third-order valence-electron chi connectivity index (χ3n) is 3.62. The maximum atomic E-state index is 12.3. The zero-order valence-corrected chi connectivity index (χ0v) is 16.9. The number of esters is 1. The van der Waals surface area contributed by atoms with Gasteiger partial charge in [0.05, 0.1) is 17.6 Å². The van der Waals surface area contributed by atoms with Gasteiger partial charge >= 0.3 is 5.97 Å². The highest BCUT2D eigenvalue weighted by Crippen LogP contribution is 2.23. The minimum absolute atomic E-state index is 0.00500. The fraction of sp³-hybridized carbons (Fsp3) is 0.118. The molecule has 0 amide bonds. The average Bonchev–Trinajstić information content (AvgIpc) is 3.14. The van der Waals surface area contributed by atoms with E-state index in [0.29, 0.717) is 15.8 Å². The van der Waals surface area contributed by atoms with E-state index in [1.807, 2.05) is 0 Å². The van der Waals surface area contributed by atoms with Crippen molar-refractivity contribution in [3.8, 4) is 17.2 Å². The van der Waals surface area contributed by atoms with Gasteiger partial charge in [0.15, 0.2) is 6.61 Å². The number of benzene rings is 2. The standard InChI is InChI=1S/C17H14BrN3O6S/c1-25-11-4-2-10(3-5-11)16-20-15(21-27-16)9-26-17(22)13-8-12(28(19,23)24)6-7-14(13)18/h2-8H,9H2,1H3,(H2,19,23,24). The zero-order valence-electron chi connectivity index (χ0n) is 14.5. The number of carbonyl (C=O) groups excluding carboxylic acids is 1. The molecule has 2 aromatic carbocycles. The van der Waals surface area contributed by atoms with Crippen molar-refractivity contribution in [3.63, 3.8) is 0 Å². The second kappa shape index (κ2) is 8.09. The molecular formula is C17H14BrN3O6S. The van der Waals surface area contributed by atoms with Gasteiger partial charge in [0, 0.05) is 10.0 Å². The second-order valence-corrected chi connectivity index (χ2v) is 7.92. The third-order valence-corrected chi connectivity index (χ3v) is 5.23. The van der Waals surface area contributed by atoms with Gasteiger partial charge in [-0.05, 0) is 58.4 Å². The van der Waals surface area contributed by atoms with Crippen LogP contribution in [-0.4, -0.2) is 31.6 Å². The summed E-state index contributed by atoms with van der Waals surface area (Å²) in [6.45, 7) is -0.259. The SMILES string of the molecule is COc1ccc(-c2nc(COC(=O)c3cc(S(N)(=O)=O)ccc3Br)no2)cc1. The maximum Gasteiger partial charge on any atom is 0.339 e. The highest BCUT2D eigenvalue weighted by molar-refractivity contribution is 9.10. The van der Waals surface area contributed by atoms with Crippen molar-refractivity contribution < 1.29 is 27.2 Å². The van der Waals surface area contributed by atoms with Crippen molar-refractivity contribution in [2.24, 2.45) is 5.14 Å². The van der Waals surface area contributed by atoms with E-state index in [4.69, 9.17) is 19.1 Å². The maximum absolute atomic E-state index is 12.3. The van der Waals surface area contributed by atoms with E-state index < -0.39 is 16.0 Å². The molecule has 0 fully saturated rings. The number of halogens is 1. The summed E-state index contributed by atoms with van der Waals surface area (Å²) in [6.07, 6.45) is 0. The number of primary sulfonamides is 1. The number of rotatable bonds is 6. The van der Waals surface area contributed by atoms with Crippen LogP contribution >= 0.6 is 15.9 Å². The molecule has 0 spiro atoms. The molecule has 0 bridgehead atoms. The molecule has 0 unspecified atom stereocenters. The molecule has 3 aromatic rings. The number of ether oxygens (including phenoxy) is 2. The fourth-order valence-corrected chi connectivity index (χ4v) is 3.16. The highest BCUT2D eigenvalue weighted by Gasteiger charge is 2.18. The molecule has 0 aliphatic carbocycles. The lowest BCUT2D eigenvalue weighted by Crippen LogP contribution is -2.14. The first-order chi connectivity index (χ1) is 13.3. The summed E-state index contributed by atoms with van der Waals surface area (Å²) in [4.78, 5) is 16.2. The van der Waals surface area contributed by atoms with Crippen LogP contribution in [0.1, 0.15) is 16.2 Å².